The van der Waals surface area contributed by atoms with Gasteiger partial charge in [-0.05, 0) is 86.7 Å². The lowest BCUT2D eigenvalue weighted by Gasteiger charge is -2.34. The number of carbonyl (C=O) groups is 2. The van der Waals surface area contributed by atoms with E-state index in [-0.39, 0.29) is 30.1 Å². The summed E-state index contributed by atoms with van der Waals surface area (Å²) in [7, 11) is 0. The molecule has 0 saturated carbocycles. The fourth-order valence-electron chi connectivity index (χ4n) is 4.38. The average Bonchev–Trinajstić information content (AvgIpc) is 3.02. The minimum atomic E-state index is -0.373. The average molecular weight is 415 g/mol. The third-order valence-corrected chi connectivity index (χ3v) is 6.28. The van der Waals surface area contributed by atoms with Crippen molar-refractivity contribution in [2.75, 3.05) is 18.0 Å². The molecule has 6 heteroatoms. The van der Waals surface area contributed by atoms with Crippen molar-refractivity contribution >= 4 is 29.1 Å². The number of hydrogen-bond acceptors (Lipinski definition) is 3. The van der Waals surface area contributed by atoms with Gasteiger partial charge in [-0.25, -0.2) is 9.29 Å². The van der Waals surface area contributed by atoms with Gasteiger partial charge in [0, 0.05) is 5.02 Å². The summed E-state index contributed by atoms with van der Waals surface area (Å²) in [4.78, 5) is 28.8. The summed E-state index contributed by atoms with van der Waals surface area (Å²) in [6.07, 6.45) is 4.11. The van der Waals surface area contributed by atoms with Crippen LogP contribution in [-0.4, -0.2) is 35.8 Å². The Hall–Kier alpha value is -2.24. The molecule has 4 nitrogen and oxygen atoms in total. The van der Waals surface area contributed by atoms with Crippen molar-refractivity contribution in [1.82, 2.24) is 4.90 Å². The number of imide groups is 1. The molecule has 2 heterocycles. The van der Waals surface area contributed by atoms with Gasteiger partial charge >= 0.3 is 0 Å². The molecule has 1 atom stereocenters. The fourth-order valence-corrected chi connectivity index (χ4v) is 4.51. The molecule has 2 aliphatic rings. The summed E-state index contributed by atoms with van der Waals surface area (Å²) in [5.74, 6) is 0.0761. The van der Waals surface area contributed by atoms with Crippen molar-refractivity contribution in [3.8, 4) is 0 Å². The maximum Gasteiger partial charge on any atom is 0.251 e. The minimum absolute atomic E-state index is 0.143. The molecular weight excluding hydrogens is 391 g/mol. The fraction of sp³-hybridized carbons (Fsp3) is 0.391. The first-order valence-corrected chi connectivity index (χ1v) is 10.5. The van der Waals surface area contributed by atoms with Gasteiger partial charge in [0.2, 0.25) is 5.91 Å². The Bertz CT molecular complexity index is 894. The second-order valence-corrected chi connectivity index (χ2v) is 8.35. The van der Waals surface area contributed by atoms with Gasteiger partial charge in [0.15, 0.2) is 0 Å². The van der Waals surface area contributed by atoms with Crippen molar-refractivity contribution in [2.45, 2.75) is 38.1 Å². The molecule has 2 fully saturated rings. The molecule has 2 aliphatic heterocycles. The highest BCUT2D eigenvalue weighted by Gasteiger charge is 2.43. The van der Waals surface area contributed by atoms with Crippen LogP contribution in [0.5, 0.6) is 0 Å². The quantitative estimate of drug-likeness (QED) is 0.678. The third kappa shape index (κ3) is 4.51. The summed E-state index contributed by atoms with van der Waals surface area (Å²) in [5.41, 5.74) is 1.61. The zero-order chi connectivity index (χ0) is 20.4. The standard InChI is InChI=1S/C23H24ClFN2O2/c24-18-6-8-20(9-7-18)27-22(28)15-21(23(27)29)26-12-10-16(11-13-26)4-5-17-2-1-3-19(25)14-17/h1-3,6-9,14,16,21H,4-5,10-13,15H2. The first-order chi connectivity index (χ1) is 14.0. The smallest absolute Gasteiger partial charge is 0.251 e. The monoisotopic (exact) mass is 414 g/mol. The van der Waals surface area contributed by atoms with Crippen molar-refractivity contribution in [2.24, 2.45) is 5.92 Å². The van der Waals surface area contributed by atoms with Gasteiger partial charge in [0.1, 0.15) is 5.82 Å². The molecule has 2 saturated heterocycles. The van der Waals surface area contributed by atoms with Crippen LogP contribution in [0.3, 0.4) is 0 Å². The molecule has 0 radical (unpaired) electrons. The van der Waals surface area contributed by atoms with Crippen molar-refractivity contribution in [1.29, 1.82) is 0 Å². The van der Waals surface area contributed by atoms with Gasteiger partial charge in [-0.1, -0.05) is 23.7 Å². The molecule has 0 spiro atoms. The van der Waals surface area contributed by atoms with Gasteiger partial charge in [-0.15, -0.1) is 0 Å². The van der Waals surface area contributed by atoms with Crippen LogP contribution in [-0.2, 0) is 16.0 Å². The number of nitrogens with zero attached hydrogens (tertiary/aromatic N) is 2. The second kappa shape index (κ2) is 8.64. The Morgan fingerprint density at radius 2 is 1.76 bits per heavy atom. The van der Waals surface area contributed by atoms with Crippen molar-refractivity contribution in [3.05, 3.63) is 64.9 Å². The van der Waals surface area contributed by atoms with E-state index in [1.54, 1.807) is 36.4 Å². The van der Waals surface area contributed by atoms with Crippen molar-refractivity contribution in [3.63, 3.8) is 0 Å². The highest BCUT2D eigenvalue weighted by atomic mass is 35.5. The van der Waals surface area contributed by atoms with Crippen LogP contribution in [0.25, 0.3) is 0 Å². The van der Waals surface area contributed by atoms with Crippen LogP contribution in [0.2, 0.25) is 5.02 Å². The lowest BCUT2D eigenvalue weighted by atomic mass is 9.90. The number of halogens is 2. The van der Waals surface area contributed by atoms with E-state index in [0.717, 1.165) is 44.3 Å². The van der Waals surface area contributed by atoms with E-state index in [0.29, 0.717) is 16.6 Å². The Labute approximate surface area is 175 Å². The number of amides is 2. The molecule has 0 bridgehead atoms. The van der Waals surface area contributed by atoms with E-state index in [1.165, 1.54) is 11.0 Å². The van der Waals surface area contributed by atoms with Crippen LogP contribution in [0.1, 0.15) is 31.2 Å². The van der Waals surface area contributed by atoms with Gasteiger partial charge in [0.25, 0.3) is 5.91 Å². The Kier molecular flexibility index (Phi) is 5.97. The van der Waals surface area contributed by atoms with E-state index >= 15 is 0 Å². The predicted molar refractivity (Wildman–Crippen MR) is 111 cm³/mol. The van der Waals surface area contributed by atoms with E-state index in [1.807, 2.05) is 6.07 Å². The highest BCUT2D eigenvalue weighted by Crippen LogP contribution is 2.30. The molecule has 4 rings (SSSR count). The van der Waals surface area contributed by atoms with Crippen LogP contribution in [0.4, 0.5) is 10.1 Å². The SMILES string of the molecule is O=C1CC(N2CCC(CCc3cccc(F)c3)CC2)C(=O)N1c1ccc(Cl)cc1. The zero-order valence-electron chi connectivity index (χ0n) is 16.2. The third-order valence-electron chi connectivity index (χ3n) is 6.03. The summed E-state index contributed by atoms with van der Waals surface area (Å²) >= 11 is 5.91. The first-order valence-electron chi connectivity index (χ1n) is 10.1. The first kappa shape index (κ1) is 20.0. The number of aryl methyl sites for hydroxylation is 1. The number of benzene rings is 2. The van der Waals surface area contributed by atoms with Gasteiger partial charge in [-0.2, -0.15) is 0 Å². The van der Waals surface area contributed by atoms with E-state index in [2.05, 4.69) is 4.90 Å². The molecule has 0 aromatic heterocycles. The highest BCUT2D eigenvalue weighted by molar-refractivity contribution is 6.30. The number of rotatable bonds is 5. The number of likely N-dealkylation sites (tertiary alicyclic amines) is 1. The summed E-state index contributed by atoms with van der Waals surface area (Å²) in [6, 6.07) is 13.2. The molecule has 152 valence electrons. The van der Waals surface area contributed by atoms with Crippen molar-refractivity contribution < 1.29 is 14.0 Å². The Balaban J connectivity index is 1.32. The summed E-state index contributed by atoms with van der Waals surface area (Å²) in [5, 5.41) is 0.574. The van der Waals surface area contributed by atoms with Gasteiger partial charge in [-0.3, -0.25) is 14.5 Å². The number of carbonyl (C=O) groups excluding carboxylic acids is 2. The van der Waals surface area contributed by atoms with E-state index in [4.69, 9.17) is 11.6 Å². The zero-order valence-corrected chi connectivity index (χ0v) is 16.9. The number of anilines is 1. The Morgan fingerprint density at radius 3 is 2.45 bits per heavy atom. The largest absolute Gasteiger partial charge is 0.292 e. The molecule has 2 aromatic carbocycles. The molecule has 2 aromatic rings. The minimum Gasteiger partial charge on any atom is -0.292 e. The molecule has 1 unspecified atom stereocenters. The molecule has 0 aliphatic carbocycles. The normalized spacial score (nSPS) is 21.2. The molecule has 2 amide bonds. The van der Waals surface area contributed by atoms with Crippen LogP contribution >= 0.6 is 11.6 Å². The molecule has 0 N–H and O–H groups in total. The summed E-state index contributed by atoms with van der Waals surface area (Å²) in [6.45, 7) is 1.62. The van der Waals surface area contributed by atoms with Crippen LogP contribution < -0.4 is 4.90 Å². The number of hydrogen-bond donors (Lipinski definition) is 0. The van der Waals surface area contributed by atoms with Crippen LogP contribution in [0, 0.1) is 11.7 Å². The second-order valence-electron chi connectivity index (χ2n) is 7.91. The molecule has 29 heavy (non-hydrogen) atoms. The maximum atomic E-state index is 13.3. The van der Waals surface area contributed by atoms with Crippen LogP contribution in [0.15, 0.2) is 48.5 Å². The topological polar surface area (TPSA) is 40.6 Å². The summed E-state index contributed by atoms with van der Waals surface area (Å²) < 4.78 is 13.3. The lowest BCUT2D eigenvalue weighted by Crippen LogP contribution is -2.46. The predicted octanol–water partition coefficient (Wildman–Crippen LogP) is 4.46. The number of piperidine rings is 1. The van der Waals surface area contributed by atoms with Gasteiger partial charge in [0.05, 0.1) is 18.2 Å². The van der Waals surface area contributed by atoms with E-state index in [9.17, 15) is 14.0 Å². The molecular formula is C23H24ClFN2O2. The lowest BCUT2D eigenvalue weighted by molar-refractivity contribution is -0.123. The Morgan fingerprint density at radius 1 is 1.03 bits per heavy atom. The maximum absolute atomic E-state index is 13.3. The van der Waals surface area contributed by atoms with E-state index < -0.39 is 0 Å². The van der Waals surface area contributed by atoms with Gasteiger partial charge < -0.3 is 0 Å².